The van der Waals surface area contributed by atoms with Crippen LogP contribution in [0.1, 0.15) is 27.7 Å². The van der Waals surface area contributed by atoms with Gasteiger partial charge in [-0.2, -0.15) is 0 Å². The molecule has 1 aliphatic heterocycles. The van der Waals surface area contributed by atoms with Crippen molar-refractivity contribution in [3.05, 3.63) is 12.2 Å². The van der Waals surface area contributed by atoms with Gasteiger partial charge in [0.1, 0.15) is 5.60 Å². The number of amides is 1. The average Bonchev–Trinajstić information content (AvgIpc) is 2.16. The number of ether oxygens (including phenoxy) is 2. The van der Waals surface area contributed by atoms with Crippen LogP contribution in [0.5, 0.6) is 0 Å². The lowest BCUT2D eigenvalue weighted by molar-refractivity contribution is -0.0217. The second-order valence-corrected chi connectivity index (χ2v) is 4.84. The molecule has 1 amide bonds. The molecule has 0 aliphatic carbocycles. The van der Waals surface area contributed by atoms with Crippen molar-refractivity contribution >= 4 is 6.09 Å². The highest BCUT2D eigenvalue weighted by Gasteiger charge is 2.29. The Morgan fingerprint density at radius 2 is 2.19 bits per heavy atom. The van der Waals surface area contributed by atoms with Gasteiger partial charge in [-0.3, -0.25) is 4.90 Å². The Hall–Kier alpha value is -1.03. The molecule has 0 unspecified atom stereocenters. The molecule has 1 heterocycles. The third-order valence-corrected chi connectivity index (χ3v) is 2.21. The van der Waals surface area contributed by atoms with Crippen molar-refractivity contribution in [1.82, 2.24) is 4.90 Å². The van der Waals surface area contributed by atoms with E-state index in [-0.39, 0.29) is 12.1 Å². The fourth-order valence-corrected chi connectivity index (χ4v) is 1.55. The number of hydrogen-bond acceptors (Lipinski definition) is 3. The first-order chi connectivity index (χ1) is 7.44. The maximum absolute atomic E-state index is 11.9. The summed E-state index contributed by atoms with van der Waals surface area (Å²) in [7, 11) is 0. The Balaban J connectivity index is 2.64. The maximum Gasteiger partial charge on any atom is 0.410 e. The highest BCUT2D eigenvalue weighted by Crippen LogP contribution is 2.15. The smallest absolute Gasteiger partial charge is 0.410 e. The van der Waals surface area contributed by atoms with Crippen molar-refractivity contribution in [3.63, 3.8) is 0 Å². The first kappa shape index (κ1) is 13.0. The second kappa shape index (κ2) is 5.34. The zero-order chi connectivity index (χ0) is 12.2. The van der Waals surface area contributed by atoms with Gasteiger partial charge in [0.15, 0.2) is 0 Å². The minimum absolute atomic E-state index is 0.00593. The van der Waals surface area contributed by atoms with Crippen molar-refractivity contribution in [2.75, 3.05) is 19.8 Å². The van der Waals surface area contributed by atoms with Crippen LogP contribution in [0.2, 0.25) is 0 Å². The first-order valence-corrected chi connectivity index (χ1v) is 5.64. The minimum Gasteiger partial charge on any atom is -0.444 e. The molecule has 92 valence electrons. The summed E-state index contributed by atoms with van der Waals surface area (Å²) < 4.78 is 10.7. The number of carbonyl (C=O) groups is 1. The molecule has 4 nitrogen and oxygen atoms in total. The number of rotatable bonds is 1. The van der Waals surface area contributed by atoms with Gasteiger partial charge < -0.3 is 9.47 Å². The van der Waals surface area contributed by atoms with E-state index in [2.05, 4.69) is 0 Å². The summed E-state index contributed by atoms with van der Waals surface area (Å²) in [5, 5.41) is 0. The van der Waals surface area contributed by atoms with Gasteiger partial charge in [0, 0.05) is 6.54 Å². The van der Waals surface area contributed by atoms with E-state index in [4.69, 9.17) is 9.47 Å². The van der Waals surface area contributed by atoms with Gasteiger partial charge in [0.05, 0.1) is 19.3 Å². The van der Waals surface area contributed by atoms with Crippen LogP contribution in [0.25, 0.3) is 0 Å². The van der Waals surface area contributed by atoms with Gasteiger partial charge in [-0.1, -0.05) is 12.2 Å². The quantitative estimate of drug-likeness (QED) is 0.645. The lowest BCUT2D eigenvalue weighted by Crippen LogP contribution is -2.49. The predicted molar refractivity (Wildman–Crippen MR) is 62.4 cm³/mol. The van der Waals surface area contributed by atoms with E-state index in [0.29, 0.717) is 19.8 Å². The van der Waals surface area contributed by atoms with Crippen LogP contribution in [0, 0.1) is 0 Å². The molecule has 16 heavy (non-hydrogen) atoms. The fraction of sp³-hybridized carbons (Fsp3) is 0.750. The van der Waals surface area contributed by atoms with Crippen LogP contribution >= 0.6 is 0 Å². The molecule has 1 aliphatic rings. The predicted octanol–water partition coefficient (Wildman–Crippen LogP) is 2.20. The molecule has 1 fully saturated rings. The summed E-state index contributed by atoms with van der Waals surface area (Å²) >= 11 is 0. The minimum atomic E-state index is -0.449. The van der Waals surface area contributed by atoms with Crippen LogP contribution in [-0.4, -0.2) is 42.4 Å². The van der Waals surface area contributed by atoms with Crippen molar-refractivity contribution in [1.29, 1.82) is 0 Å². The number of morpholine rings is 1. The van der Waals surface area contributed by atoms with Gasteiger partial charge in [-0.15, -0.1) is 0 Å². The fourth-order valence-electron chi connectivity index (χ4n) is 1.55. The molecule has 0 aromatic heterocycles. The molecule has 0 bridgehead atoms. The van der Waals surface area contributed by atoms with Crippen molar-refractivity contribution < 1.29 is 14.3 Å². The van der Waals surface area contributed by atoms with E-state index in [1.54, 1.807) is 4.90 Å². The molecule has 0 saturated carbocycles. The Bertz CT molecular complexity index is 268. The Kier molecular flexibility index (Phi) is 4.35. The first-order valence-electron chi connectivity index (χ1n) is 5.64. The van der Waals surface area contributed by atoms with Gasteiger partial charge in [-0.05, 0) is 27.7 Å². The summed E-state index contributed by atoms with van der Waals surface area (Å²) in [5.41, 5.74) is -0.449. The number of hydrogen-bond donors (Lipinski definition) is 0. The van der Waals surface area contributed by atoms with Crippen LogP contribution in [0.4, 0.5) is 4.79 Å². The Labute approximate surface area is 97.2 Å². The van der Waals surface area contributed by atoms with E-state index >= 15 is 0 Å². The lowest BCUT2D eigenvalue weighted by atomic mass is 10.2. The number of nitrogens with zero attached hydrogens (tertiary/aromatic N) is 1. The molecule has 0 N–H and O–H groups in total. The van der Waals surface area contributed by atoms with Crippen molar-refractivity contribution in [2.24, 2.45) is 0 Å². The monoisotopic (exact) mass is 227 g/mol. The summed E-state index contributed by atoms with van der Waals surface area (Å²) in [6, 6.07) is -0.00593. The Morgan fingerprint density at radius 3 is 2.75 bits per heavy atom. The highest BCUT2D eigenvalue weighted by molar-refractivity contribution is 5.69. The molecule has 0 spiro atoms. The molecule has 0 aromatic carbocycles. The standard InChI is InChI=1S/C12H21NO3/c1-5-6-10-9-15-8-7-13(10)11(14)16-12(2,3)4/h5-6,10H,7-9H2,1-4H3/b6-5+/t10-/m0/s1. The zero-order valence-corrected chi connectivity index (χ0v) is 10.5. The van der Waals surface area contributed by atoms with E-state index < -0.39 is 5.60 Å². The molecule has 4 heteroatoms. The largest absolute Gasteiger partial charge is 0.444 e. The molecule has 1 saturated heterocycles. The van der Waals surface area contributed by atoms with E-state index in [0.717, 1.165) is 0 Å². The number of allylic oxidation sites excluding steroid dienone is 1. The maximum atomic E-state index is 11.9. The van der Waals surface area contributed by atoms with Crippen LogP contribution in [-0.2, 0) is 9.47 Å². The third kappa shape index (κ3) is 3.85. The second-order valence-electron chi connectivity index (χ2n) is 4.84. The molecular weight excluding hydrogens is 206 g/mol. The van der Waals surface area contributed by atoms with E-state index in [9.17, 15) is 4.79 Å². The van der Waals surface area contributed by atoms with Gasteiger partial charge in [-0.25, -0.2) is 4.79 Å². The summed E-state index contributed by atoms with van der Waals surface area (Å²) in [5.74, 6) is 0. The topological polar surface area (TPSA) is 38.8 Å². The molecular formula is C12H21NO3. The van der Waals surface area contributed by atoms with Gasteiger partial charge in [0.25, 0.3) is 0 Å². The highest BCUT2D eigenvalue weighted by atomic mass is 16.6. The van der Waals surface area contributed by atoms with E-state index in [1.807, 2.05) is 39.8 Å². The number of carbonyl (C=O) groups excluding carboxylic acids is 1. The van der Waals surface area contributed by atoms with Gasteiger partial charge in [0.2, 0.25) is 0 Å². The van der Waals surface area contributed by atoms with Crippen LogP contribution in [0.15, 0.2) is 12.2 Å². The Morgan fingerprint density at radius 1 is 1.50 bits per heavy atom. The molecule has 0 aromatic rings. The SMILES string of the molecule is C/C=C/[C@H]1COCCN1C(=O)OC(C)(C)C. The van der Waals surface area contributed by atoms with E-state index in [1.165, 1.54) is 0 Å². The molecule has 1 atom stereocenters. The zero-order valence-electron chi connectivity index (χ0n) is 10.5. The summed E-state index contributed by atoms with van der Waals surface area (Å²) in [6.45, 7) is 9.25. The van der Waals surface area contributed by atoms with Crippen LogP contribution < -0.4 is 0 Å². The summed E-state index contributed by atoms with van der Waals surface area (Å²) in [4.78, 5) is 13.6. The third-order valence-electron chi connectivity index (χ3n) is 2.21. The molecule has 0 radical (unpaired) electrons. The van der Waals surface area contributed by atoms with Gasteiger partial charge >= 0.3 is 6.09 Å². The average molecular weight is 227 g/mol. The van der Waals surface area contributed by atoms with Crippen molar-refractivity contribution in [3.8, 4) is 0 Å². The molecule has 1 rings (SSSR count). The van der Waals surface area contributed by atoms with Crippen LogP contribution in [0.3, 0.4) is 0 Å². The lowest BCUT2D eigenvalue weighted by Gasteiger charge is -2.35. The van der Waals surface area contributed by atoms with Crippen molar-refractivity contribution in [2.45, 2.75) is 39.3 Å². The summed E-state index contributed by atoms with van der Waals surface area (Å²) in [6.07, 6.45) is 3.62. The normalized spacial score (nSPS) is 22.5.